The van der Waals surface area contributed by atoms with Crippen LogP contribution in [0, 0.1) is 0 Å². The van der Waals surface area contributed by atoms with Crippen molar-refractivity contribution in [2.45, 2.75) is 0 Å². The molecule has 0 aliphatic rings. The zero-order valence-electron chi connectivity index (χ0n) is 5.57. The lowest BCUT2D eigenvalue weighted by molar-refractivity contribution is 0.0632. The molecule has 0 amide bonds. The Labute approximate surface area is 71.2 Å². The first-order valence-electron chi connectivity index (χ1n) is 2.78. The van der Waals surface area contributed by atoms with Gasteiger partial charge in [-0.2, -0.15) is 0 Å². The number of carbonyl (C=O) groups is 2. The van der Waals surface area contributed by atoms with Crippen molar-refractivity contribution in [3.8, 4) is 0 Å². The molecule has 1 aromatic heterocycles. The van der Waals surface area contributed by atoms with E-state index in [9.17, 15) is 9.59 Å². The smallest absolute Gasteiger partial charge is 0.373 e. The van der Waals surface area contributed by atoms with E-state index in [0.717, 1.165) is 6.07 Å². The van der Waals surface area contributed by atoms with Gasteiger partial charge in [0.1, 0.15) is 0 Å². The van der Waals surface area contributed by atoms with Gasteiger partial charge in [0.2, 0.25) is 11.5 Å². The number of rotatable bonds is 2. The second-order valence-corrected chi connectivity index (χ2v) is 2.31. The molecule has 0 atom stereocenters. The molecule has 1 rings (SSSR count). The highest BCUT2D eigenvalue weighted by Gasteiger charge is 2.19. The van der Waals surface area contributed by atoms with E-state index in [-0.39, 0.29) is 5.02 Å². The largest absolute Gasteiger partial charge is 0.475 e. The number of aromatic carboxylic acids is 2. The summed E-state index contributed by atoms with van der Waals surface area (Å²) in [7, 11) is 0. The third kappa shape index (κ3) is 1.40. The highest BCUT2D eigenvalue weighted by molar-refractivity contribution is 6.33. The second-order valence-electron chi connectivity index (χ2n) is 1.90. The Morgan fingerprint density at radius 3 is 2.17 bits per heavy atom. The molecule has 0 saturated heterocycles. The minimum absolute atomic E-state index is 0.222. The maximum atomic E-state index is 10.3. The number of hydrogen-bond acceptors (Lipinski definition) is 3. The summed E-state index contributed by atoms with van der Waals surface area (Å²) in [5.41, 5.74) is 0. The Bertz CT molecular complexity index is 340. The minimum atomic E-state index is -1.40. The molecule has 2 N–H and O–H groups in total. The van der Waals surface area contributed by atoms with Crippen LogP contribution in [0.2, 0.25) is 5.02 Å². The van der Waals surface area contributed by atoms with E-state index in [1.54, 1.807) is 0 Å². The van der Waals surface area contributed by atoms with E-state index >= 15 is 0 Å². The van der Waals surface area contributed by atoms with Gasteiger partial charge in [-0.3, -0.25) is 0 Å². The fourth-order valence-electron chi connectivity index (χ4n) is 0.620. The summed E-state index contributed by atoms with van der Waals surface area (Å²) in [6, 6.07) is 0.938. The Balaban J connectivity index is 3.17. The predicted octanol–water partition coefficient (Wildman–Crippen LogP) is 1.33. The average molecular weight is 191 g/mol. The lowest BCUT2D eigenvalue weighted by Gasteiger charge is -1.85. The average Bonchev–Trinajstić information content (AvgIpc) is 2.30. The summed E-state index contributed by atoms with van der Waals surface area (Å²) in [5, 5.41) is 16.5. The van der Waals surface area contributed by atoms with Gasteiger partial charge in [0.05, 0.1) is 5.02 Å². The Morgan fingerprint density at radius 2 is 1.92 bits per heavy atom. The predicted molar refractivity (Wildman–Crippen MR) is 37.6 cm³/mol. The van der Waals surface area contributed by atoms with Crippen molar-refractivity contribution >= 4 is 23.5 Å². The highest BCUT2D eigenvalue weighted by atomic mass is 35.5. The Morgan fingerprint density at radius 1 is 1.33 bits per heavy atom. The Kier molecular flexibility index (Phi) is 2.05. The molecule has 0 bridgehead atoms. The molecule has 0 saturated carbocycles. The van der Waals surface area contributed by atoms with Gasteiger partial charge in [-0.05, 0) is 0 Å². The maximum Gasteiger partial charge on any atom is 0.373 e. The summed E-state index contributed by atoms with van der Waals surface area (Å²) >= 11 is 5.35. The zero-order chi connectivity index (χ0) is 9.30. The van der Waals surface area contributed by atoms with E-state index in [2.05, 4.69) is 4.42 Å². The molecule has 0 aliphatic carbocycles. The van der Waals surface area contributed by atoms with E-state index in [1.165, 1.54) is 0 Å². The lowest BCUT2D eigenvalue weighted by Crippen LogP contribution is -1.95. The number of furan rings is 1. The van der Waals surface area contributed by atoms with Gasteiger partial charge in [-0.1, -0.05) is 11.6 Å². The second kappa shape index (κ2) is 2.86. The monoisotopic (exact) mass is 190 g/mol. The topological polar surface area (TPSA) is 87.7 Å². The van der Waals surface area contributed by atoms with Gasteiger partial charge >= 0.3 is 11.9 Å². The number of hydrogen-bond donors (Lipinski definition) is 2. The standard InChI is InChI=1S/C6H3ClO5/c7-2-1-3(5(8)9)12-4(2)6(10)11/h1H,(H,8,9)(H,10,11). The fourth-order valence-corrected chi connectivity index (χ4v) is 0.839. The van der Waals surface area contributed by atoms with Crippen molar-refractivity contribution in [2.75, 3.05) is 0 Å². The third-order valence-electron chi connectivity index (χ3n) is 1.09. The molecule has 1 aromatic rings. The molecule has 0 fully saturated rings. The Hall–Kier alpha value is -1.49. The fraction of sp³-hybridized carbons (Fsp3) is 0. The van der Waals surface area contributed by atoms with E-state index in [0.29, 0.717) is 0 Å². The van der Waals surface area contributed by atoms with Crippen LogP contribution in [-0.2, 0) is 0 Å². The molecule has 0 aliphatic heterocycles. The van der Waals surface area contributed by atoms with Gasteiger partial charge < -0.3 is 14.6 Å². The van der Waals surface area contributed by atoms with Crippen LogP contribution >= 0.6 is 11.6 Å². The molecule has 0 unspecified atom stereocenters. The van der Waals surface area contributed by atoms with Crippen molar-refractivity contribution in [3.63, 3.8) is 0 Å². The summed E-state index contributed by atoms with van der Waals surface area (Å²) in [4.78, 5) is 20.5. The summed E-state index contributed by atoms with van der Waals surface area (Å²) in [5.74, 6) is -3.80. The third-order valence-corrected chi connectivity index (χ3v) is 1.37. The molecule has 6 heteroatoms. The van der Waals surface area contributed by atoms with E-state index < -0.39 is 23.5 Å². The quantitative estimate of drug-likeness (QED) is 0.735. The zero-order valence-corrected chi connectivity index (χ0v) is 6.33. The normalized spacial score (nSPS) is 9.75. The first-order valence-corrected chi connectivity index (χ1v) is 3.16. The van der Waals surface area contributed by atoms with Gasteiger partial charge in [-0.15, -0.1) is 0 Å². The van der Waals surface area contributed by atoms with Gasteiger partial charge in [0, 0.05) is 6.07 Å². The summed E-state index contributed by atoms with van der Waals surface area (Å²) in [6.07, 6.45) is 0. The molecular formula is C6H3ClO5. The van der Waals surface area contributed by atoms with Gasteiger partial charge in [0.25, 0.3) is 0 Å². The van der Waals surface area contributed by atoms with Crippen LogP contribution in [0.1, 0.15) is 21.1 Å². The molecule has 0 spiro atoms. The van der Waals surface area contributed by atoms with Crippen molar-refractivity contribution in [1.29, 1.82) is 0 Å². The van der Waals surface area contributed by atoms with Crippen molar-refractivity contribution in [3.05, 3.63) is 22.6 Å². The van der Waals surface area contributed by atoms with Crippen molar-refractivity contribution < 1.29 is 24.2 Å². The summed E-state index contributed by atoms with van der Waals surface area (Å²) < 4.78 is 4.41. The number of carboxylic acids is 2. The number of carboxylic acid groups (broad SMARTS) is 2. The minimum Gasteiger partial charge on any atom is -0.475 e. The first-order chi connectivity index (χ1) is 5.52. The van der Waals surface area contributed by atoms with Crippen LogP contribution in [0.25, 0.3) is 0 Å². The SMILES string of the molecule is O=C(O)c1cc(Cl)c(C(=O)O)o1. The first kappa shape index (κ1) is 8.61. The summed E-state index contributed by atoms with van der Waals surface area (Å²) in [6.45, 7) is 0. The van der Waals surface area contributed by atoms with Crippen LogP contribution in [-0.4, -0.2) is 22.2 Å². The molecule has 12 heavy (non-hydrogen) atoms. The van der Waals surface area contributed by atoms with E-state index in [1.807, 2.05) is 0 Å². The van der Waals surface area contributed by atoms with E-state index in [4.69, 9.17) is 21.8 Å². The molecule has 0 aromatic carbocycles. The van der Waals surface area contributed by atoms with Crippen molar-refractivity contribution in [2.24, 2.45) is 0 Å². The molecule has 64 valence electrons. The van der Waals surface area contributed by atoms with Gasteiger partial charge in [-0.25, -0.2) is 9.59 Å². The van der Waals surface area contributed by atoms with Crippen LogP contribution in [0.15, 0.2) is 10.5 Å². The van der Waals surface area contributed by atoms with Crippen molar-refractivity contribution in [1.82, 2.24) is 0 Å². The molecule has 5 nitrogen and oxygen atoms in total. The highest BCUT2D eigenvalue weighted by Crippen LogP contribution is 2.20. The maximum absolute atomic E-state index is 10.3. The van der Waals surface area contributed by atoms with Crippen LogP contribution in [0.5, 0.6) is 0 Å². The lowest BCUT2D eigenvalue weighted by atomic mass is 10.4. The van der Waals surface area contributed by atoms with Crippen LogP contribution in [0.4, 0.5) is 0 Å². The molecule has 1 heterocycles. The van der Waals surface area contributed by atoms with Crippen LogP contribution in [0.3, 0.4) is 0 Å². The van der Waals surface area contributed by atoms with Crippen LogP contribution < -0.4 is 0 Å². The van der Waals surface area contributed by atoms with Gasteiger partial charge in [0.15, 0.2) is 0 Å². The number of halogens is 1. The molecule has 0 radical (unpaired) electrons. The molecular weight excluding hydrogens is 188 g/mol.